The molecule has 1 aliphatic heterocycles. The zero-order valence-electron chi connectivity index (χ0n) is 19.3. The molecule has 1 aliphatic rings. The first-order chi connectivity index (χ1) is 16.8. The van der Waals surface area contributed by atoms with Crippen molar-refractivity contribution in [2.75, 3.05) is 32.8 Å². The van der Waals surface area contributed by atoms with Gasteiger partial charge in [0, 0.05) is 38.3 Å². The molecule has 1 aromatic heterocycles. The van der Waals surface area contributed by atoms with Gasteiger partial charge >= 0.3 is 6.09 Å². The third-order valence-corrected chi connectivity index (χ3v) is 8.57. The third kappa shape index (κ3) is 5.21. The second kappa shape index (κ2) is 10.5. The van der Waals surface area contributed by atoms with Crippen LogP contribution in [0, 0.1) is 0 Å². The van der Waals surface area contributed by atoms with Gasteiger partial charge in [0.25, 0.3) is 5.91 Å². The summed E-state index contributed by atoms with van der Waals surface area (Å²) in [6, 6.07) is 13.6. The Bertz CT molecular complexity index is 1420. The van der Waals surface area contributed by atoms with Gasteiger partial charge in [-0.15, -0.1) is 6.58 Å². The minimum Gasteiger partial charge on any atom is -0.450 e. The zero-order chi connectivity index (χ0) is 25.0. The topological polar surface area (TPSA) is 101 Å². The van der Waals surface area contributed by atoms with Crippen LogP contribution >= 0.6 is 11.3 Å². The first-order valence-electron chi connectivity index (χ1n) is 11.2. The normalized spacial score (nSPS) is 15.3. The van der Waals surface area contributed by atoms with Gasteiger partial charge in [-0.2, -0.15) is 9.30 Å². The average Bonchev–Trinajstić information content (AvgIpc) is 3.21. The predicted molar refractivity (Wildman–Crippen MR) is 134 cm³/mol. The maximum absolute atomic E-state index is 13.0. The number of piperazine rings is 1. The average molecular weight is 515 g/mol. The van der Waals surface area contributed by atoms with E-state index in [1.807, 2.05) is 28.8 Å². The highest BCUT2D eigenvalue weighted by atomic mass is 32.2. The van der Waals surface area contributed by atoms with Crippen molar-refractivity contribution in [1.29, 1.82) is 0 Å². The van der Waals surface area contributed by atoms with E-state index in [9.17, 15) is 18.0 Å². The number of aromatic nitrogens is 1. The van der Waals surface area contributed by atoms with Crippen LogP contribution in [0.2, 0.25) is 0 Å². The Hall–Kier alpha value is -3.28. The molecule has 9 nitrogen and oxygen atoms in total. The summed E-state index contributed by atoms with van der Waals surface area (Å²) in [6.07, 6.45) is 1.30. The van der Waals surface area contributed by atoms with Crippen LogP contribution in [0.1, 0.15) is 17.3 Å². The van der Waals surface area contributed by atoms with Gasteiger partial charge in [-0.3, -0.25) is 4.79 Å². The Balaban J connectivity index is 1.52. The fourth-order valence-corrected chi connectivity index (χ4v) is 6.27. The molecule has 2 amide bonds. The quantitative estimate of drug-likeness (QED) is 0.471. The van der Waals surface area contributed by atoms with Gasteiger partial charge in [-0.05, 0) is 43.3 Å². The van der Waals surface area contributed by atoms with Gasteiger partial charge in [-0.1, -0.05) is 29.5 Å². The summed E-state index contributed by atoms with van der Waals surface area (Å²) >= 11 is 1.41. The Kier molecular flexibility index (Phi) is 7.48. The second-order valence-corrected chi connectivity index (χ2v) is 10.7. The molecule has 0 N–H and O–H groups in total. The van der Waals surface area contributed by atoms with E-state index in [0.717, 1.165) is 10.2 Å². The molecule has 1 fully saturated rings. The number of ether oxygens (including phenoxy) is 1. The lowest BCUT2D eigenvalue weighted by atomic mass is 10.2. The Morgan fingerprint density at radius 1 is 1.09 bits per heavy atom. The summed E-state index contributed by atoms with van der Waals surface area (Å²) in [5.41, 5.74) is 1.26. The highest BCUT2D eigenvalue weighted by molar-refractivity contribution is 7.89. The number of thiazole rings is 1. The standard InChI is InChI=1S/C24H26N4O5S2/c1-3-13-28-20-7-5-6-8-21(20)34-23(28)25-22(29)18-9-11-19(12-10-18)35(31,32)27-16-14-26(15-17-27)24(30)33-4-2/h3,5-12H,1,4,13-17H2,2H3. The highest BCUT2D eigenvalue weighted by Gasteiger charge is 2.30. The number of hydrogen-bond donors (Lipinski definition) is 0. The van der Waals surface area contributed by atoms with Crippen LogP contribution in [-0.4, -0.2) is 67.0 Å². The van der Waals surface area contributed by atoms with Crippen LogP contribution in [0.4, 0.5) is 4.79 Å². The number of sulfonamides is 1. The van der Waals surface area contributed by atoms with Gasteiger partial charge in [0.1, 0.15) is 0 Å². The molecule has 2 aromatic carbocycles. The number of benzene rings is 2. The van der Waals surface area contributed by atoms with Crippen LogP contribution in [0.15, 0.2) is 71.1 Å². The van der Waals surface area contributed by atoms with E-state index >= 15 is 0 Å². The van der Waals surface area contributed by atoms with E-state index in [2.05, 4.69) is 11.6 Å². The lowest BCUT2D eigenvalue weighted by Gasteiger charge is -2.33. The highest BCUT2D eigenvalue weighted by Crippen LogP contribution is 2.20. The molecule has 3 aromatic rings. The van der Waals surface area contributed by atoms with Crippen molar-refractivity contribution in [2.45, 2.75) is 18.4 Å². The summed E-state index contributed by atoms with van der Waals surface area (Å²) < 4.78 is 35.3. The summed E-state index contributed by atoms with van der Waals surface area (Å²) in [7, 11) is -3.76. The van der Waals surface area contributed by atoms with Crippen molar-refractivity contribution in [3.8, 4) is 0 Å². The molecule has 0 unspecified atom stereocenters. The minimum absolute atomic E-state index is 0.0854. The maximum atomic E-state index is 13.0. The number of rotatable bonds is 6. The number of para-hydroxylation sites is 1. The molecular weight excluding hydrogens is 488 g/mol. The molecule has 35 heavy (non-hydrogen) atoms. The predicted octanol–water partition coefficient (Wildman–Crippen LogP) is 3.09. The summed E-state index contributed by atoms with van der Waals surface area (Å²) in [6.45, 7) is 7.15. The van der Waals surface area contributed by atoms with E-state index in [-0.39, 0.29) is 37.7 Å². The third-order valence-electron chi connectivity index (χ3n) is 5.60. The van der Waals surface area contributed by atoms with Gasteiger partial charge in [0.05, 0.1) is 21.7 Å². The zero-order valence-corrected chi connectivity index (χ0v) is 20.9. The van der Waals surface area contributed by atoms with E-state index in [0.29, 0.717) is 16.9 Å². The molecule has 0 aliphatic carbocycles. The van der Waals surface area contributed by atoms with E-state index in [1.54, 1.807) is 13.0 Å². The first kappa shape index (κ1) is 24.8. The number of amides is 2. The van der Waals surface area contributed by atoms with E-state index in [1.165, 1.54) is 44.8 Å². The van der Waals surface area contributed by atoms with Crippen molar-refractivity contribution in [1.82, 2.24) is 13.8 Å². The summed E-state index contributed by atoms with van der Waals surface area (Å²) in [4.78, 5) is 31.1. The van der Waals surface area contributed by atoms with Crippen molar-refractivity contribution in [2.24, 2.45) is 4.99 Å². The van der Waals surface area contributed by atoms with E-state index in [4.69, 9.17) is 4.74 Å². The molecule has 0 atom stereocenters. The van der Waals surface area contributed by atoms with Crippen molar-refractivity contribution in [3.63, 3.8) is 0 Å². The fourth-order valence-electron chi connectivity index (χ4n) is 3.81. The Morgan fingerprint density at radius 2 is 1.77 bits per heavy atom. The number of hydrogen-bond acceptors (Lipinski definition) is 6. The van der Waals surface area contributed by atoms with E-state index < -0.39 is 22.0 Å². The molecule has 184 valence electrons. The molecule has 1 saturated heterocycles. The van der Waals surface area contributed by atoms with Crippen molar-refractivity contribution in [3.05, 3.63) is 71.6 Å². The molecule has 2 heterocycles. The van der Waals surface area contributed by atoms with Crippen LogP contribution in [0.5, 0.6) is 0 Å². The number of nitrogens with zero attached hydrogens (tertiary/aromatic N) is 4. The largest absolute Gasteiger partial charge is 0.450 e. The summed E-state index contributed by atoms with van der Waals surface area (Å²) in [5, 5.41) is 0. The van der Waals surface area contributed by atoms with Crippen LogP contribution < -0.4 is 4.80 Å². The molecule has 0 radical (unpaired) electrons. The molecule has 0 spiro atoms. The molecule has 4 rings (SSSR count). The molecule has 0 saturated carbocycles. The van der Waals surface area contributed by atoms with Crippen LogP contribution in [0.25, 0.3) is 10.2 Å². The summed E-state index contributed by atoms with van der Waals surface area (Å²) in [5.74, 6) is -0.457. The lowest BCUT2D eigenvalue weighted by molar-refractivity contribution is 0.0933. The van der Waals surface area contributed by atoms with Gasteiger partial charge in [0.2, 0.25) is 10.0 Å². The lowest BCUT2D eigenvalue weighted by Crippen LogP contribution is -2.50. The number of carbonyl (C=O) groups is 2. The molecular formula is C24H26N4O5S2. The van der Waals surface area contributed by atoms with Crippen LogP contribution in [0.3, 0.4) is 0 Å². The second-order valence-electron chi connectivity index (χ2n) is 7.78. The minimum atomic E-state index is -3.76. The monoisotopic (exact) mass is 514 g/mol. The van der Waals surface area contributed by atoms with Crippen molar-refractivity contribution < 1.29 is 22.7 Å². The maximum Gasteiger partial charge on any atom is 0.409 e. The van der Waals surface area contributed by atoms with Gasteiger partial charge in [-0.25, -0.2) is 13.2 Å². The fraction of sp³-hybridized carbons (Fsp3) is 0.292. The number of allylic oxidation sites excluding steroid dienone is 1. The smallest absolute Gasteiger partial charge is 0.409 e. The van der Waals surface area contributed by atoms with Crippen LogP contribution in [-0.2, 0) is 21.3 Å². The Morgan fingerprint density at radius 3 is 2.43 bits per heavy atom. The number of carbonyl (C=O) groups excluding carboxylic acids is 2. The van der Waals surface area contributed by atoms with Crippen molar-refractivity contribution >= 4 is 43.6 Å². The molecule has 0 bridgehead atoms. The SMILES string of the molecule is C=CCn1c(=NC(=O)c2ccc(S(=O)(=O)N3CCN(C(=O)OCC)CC3)cc2)sc2ccccc21. The van der Waals surface area contributed by atoms with Gasteiger partial charge < -0.3 is 14.2 Å². The molecule has 11 heteroatoms. The first-order valence-corrected chi connectivity index (χ1v) is 13.4. The Labute approximate surface area is 207 Å². The van der Waals surface area contributed by atoms with Gasteiger partial charge in [0.15, 0.2) is 4.80 Å². The number of fused-ring (bicyclic) bond motifs is 1.